The summed E-state index contributed by atoms with van der Waals surface area (Å²) in [6, 6.07) is 0.664. The molecule has 0 aromatic heterocycles. The summed E-state index contributed by atoms with van der Waals surface area (Å²) in [6.45, 7) is 4.44. The Morgan fingerprint density at radius 2 is 1.04 bits per heavy atom. The zero-order valence-electron chi connectivity index (χ0n) is 15.7. The standard InChI is InChI=1S/C22H37N/c1-5-6-7-8-9-10-11-12-13-14-15-16-17-18-19-20-21-22(2)23(3)4/h6-7,9-10,12-13,15-16,18-19,22H,5,8,11,14,17,20-21H2,1-4H3/b7-6-,10-9-,13-12-,16-15-,19-18-. The molecule has 1 atom stereocenters. The van der Waals surface area contributed by atoms with Crippen molar-refractivity contribution in [2.75, 3.05) is 14.1 Å². The molecular weight excluding hydrogens is 278 g/mol. The van der Waals surface area contributed by atoms with E-state index in [1.807, 2.05) is 0 Å². The number of hydrogen-bond acceptors (Lipinski definition) is 1. The van der Waals surface area contributed by atoms with Gasteiger partial charge in [-0.3, -0.25) is 0 Å². The molecule has 0 saturated carbocycles. The van der Waals surface area contributed by atoms with Crippen LogP contribution in [0.1, 0.15) is 58.8 Å². The van der Waals surface area contributed by atoms with E-state index >= 15 is 0 Å². The first-order valence-electron chi connectivity index (χ1n) is 9.09. The Morgan fingerprint density at radius 3 is 1.43 bits per heavy atom. The van der Waals surface area contributed by atoms with Crippen LogP contribution in [0.3, 0.4) is 0 Å². The molecule has 0 N–H and O–H groups in total. The van der Waals surface area contributed by atoms with Gasteiger partial charge in [0.25, 0.3) is 0 Å². The number of hydrogen-bond donors (Lipinski definition) is 0. The molecule has 0 spiro atoms. The number of rotatable bonds is 13. The van der Waals surface area contributed by atoms with E-state index in [4.69, 9.17) is 0 Å². The Labute approximate surface area is 145 Å². The van der Waals surface area contributed by atoms with Crippen LogP contribution in [0.15, 0.2) is 60.8 Å². The van der Waals surface area contributed by atoms with Crippen molar-refractivity contribution in [3.8, 4) is 0 Å². The molecule has 0 aliphatic heterocycles. The number of allylic oxidation sites excluding steroid dienone is 10. The van der Waals surface area contributed by atoms with E-state index in [-0.39, 0.29) is 0 Å². The second-order valence-electron chi connectivity index (χ2n) is 6.10. The quantitative estimate of drug-likeness (QED) is 0.352. The molecule has 1 heteroatoms. The van der Waals surface area contributed by atoms with Gasteiger partial charge in [0.15, 0.2) is 0 Å². The Kier molecular flexibility index (Phi) is 16.0. The SMILES string of the molecule is CC/C=C\C/C=C\C/C=C\C/C=C\C/C=C\CCC(C)N(C)C. The van der Waals surface area contributed by atoms with Crippen LogP contribution in [0, 0.1) is 0 Å². The van der Waals surface area contributed by atoms with E-state index < -0.39 is 0 Å². The minimum atomic E-state index is 0.664. The third-order valence-corrected chi connectivity index (χ3v) is 3.79. The van der Waals surface area contributed by atoms with Gasteiger partial charge >= 0.3 is 0 Å². The van der Waals surface area contributed by atoms with E-state index in [9.17, 15) is 0 Å². The first kappa shape index (κ1) is 21.7. The zero-order valence-corrected chi connectivity index (χ0v) is 15.7. The van der Waals surface area contributed by atoms with Crippen molar-refractivity contribution < 1.29 is 0 Å². The summed E-state index contributed by atoms with van der Waals surface area (Å²) >= 11 is 0. The predicted molar refractivity (Wildman–Crippen MR) is 107 cm³/mol. The summed E-state index contributed by atoms with van der Waals surface area (Å²) in [6.07, 6.45) is 30.2. The van der Waals surface area contributed by atoms with Crippen molar-refractivity contribution >= 4 is 0 Å². The van der Waals surface area contributed by atoms with Crippen LogP contribution in [0.4, 0.5) is 0 Å². The number of nitrogens with zero attached hydrogens (tertiary/aromatic N) is 1. The Bertz CT molecular complexity index is 383. The molecule has 0 heterocycles. The molecule has 130 valence electrons. The van der Waals surface area contributed by atoms with Crippen LogP contribution in [-0.2, 0) is 0 Å². The first-order valence-corrected chi connectivity index (χ1v) is 9.09. The van der Waals surface area contributed by atoms with Crippen LogP contribution >= 0.6 is 0 Å². The molecule has 0 bridgehead atoms. The van der Waals surface area contributed by atoms with Gasteiger partial charge in [-0.15, -0.1) is 0 Å². The lowest BCUT2D eigenvalue weighted by molar-refractivity contribution is 0.300. The van der Waals surface area contributed by atoms with E-state index in [0.717, 1.165) is 32.1 Å². The Morgan fingerprint density at radius 1 is 0.652 bits per heavy atom. The van der Waals surface area contributed by atoms with Gasteiger partial charge in [-0.2, -0.15) is 0 Å². The lowest BCUT2D eigenvalue weighted by Crippen LogP contribution is -2.23. The lowest BCUT2D eigenvalue weighted by atomic mass is 10.1. The fourth-order valence-corrected chi connectivity index (χ4v) is 1.96. The predicted octanol–water partition coefficient (Wildman–Crippen LogP) is 6.47. The highest BCUT2D eigenvalue weighted by molar-refractivity contribution is 5.00. The van der Waals surface area contributed by atoms with Gasteiger partial charge in [-0.1, -0.05) is 67.7 Å². The minimum Gasteiger partial charge on any atom is -0.307 e. The minimum absolute atomic E-state index is 0.664. The van der Waals surface area contributed by atoms with Crippen molar-refractivity contribution in [3.05, 3.63) is 60.8 Å². The van der Waals surface area contributed by atoms with Gasteiger partial charge in [0.05, 0.1) is 0 Å². The third-order valence-electron chi connectivity index (χ3n) is 3.79. The zero-order chi connectivity index (χ0) is 17.2. The molecule has 1 unspecified atom stereocenters. The van der Waals surface area contributed by atoms with Crippen molar-refractivity contribution in [3.63, 3.8) is 0 Å². The van der Waals surface area contributed by atoms with Gasteiger partial charge in [-0.05, 0) is 66.0 Å². The molecule has 0 radical (unpaired) electrons. The summed E-state index contributed by atoms with van der Waals surface area (Å²) in [4.78, 5) is 2.27. The van der Waals surface area contributed by atoms with Crippen molar-refractivity contribution in [1.29, 1.82) is 0 Å². The highest BCUT2D eigenvalue weighted by atomic mass is 15.1. The summed E-state index contributed by atoms with van der Waals surface area (Å²) in [5.74, 6) is 0. The molecule has 0 aromatic rings. The van der Waals surface area contributed by atoms with Gasteiger partial charge in [0, 0.05) is 6.04 Å². The molecule has 0 aromatic carbocycles. The van der Waals surface area contributed by atoms with Crippen LogP contribution in [0.5, 0.6) is 0 Å². The summed E-state index contributed by atoms with van der Waals surface area (Å²) in [5.41, 5.74) is 0. The Hall–Kier alpha value is -1.34. The van der Waals surface area contributed by atoms with Crippen LogP contribution in [0.2, 0.25) is 0 Å². The Balaban J connectivity index is 3.53. The molecule has 0 aliphatic carbocycles. The maximum Gasteiger partial charge on any atom is 0.00637 e. The monoisotopic (exact) mass is 315 g/mol. The maximum atomic E-state index is 2.30. The van der Waals surface area contributed by atoms with Crippen LogP contribution in [0.25, 0.3) is 0 Å². The molecule has 0 fully saturated rings. The molecule has 0 aliphatic rings. The van der Waals surface area contributed by atoms with E-state index in [2.05, 4.69) is 93.6 Å². The maximum absolute atomic E-state index is 2.30. The van der Waals surface area contributed by atoms with Gasteiger partial charge in [-0.25, -0.2) is 0 Å². The van der Waals surface area contributed by atoms with Gasteiger partial charge in [0.1, 0.15) is 0 Å². The van der Waals surface area contributed by atoms with Crippen LogP contribution in [-0.4, -0.2) is 25.0 Å². The van der Waals surface area contributed by atoms with Crippen molar-refractivity contribution in [2.45, 2.75) is 64.8 Å². The highest BCUT2D eigenvalue weighted by Crippen LogP contribution is 2.03. The molecule has 23 heavy (non-hydrogen) atoms. The molecular formula is C22H37N. The normalized spacial score (nSPS) is 14.7. The average molecular weight is 316 g/mol. The summed E-state index contributed by atoms with van der Waals surface area (Å²) in [7, 11) is 4.29. The summed E-state index contributed by atoms with van der Waals surface area (Å²) < 4.78 is 0. The lowest BCUT2D eigenvalue weighted by Gasteiger charge is -2.18. The third kappa shape index (κ3) is 16.9. The topological polar surface area (TPSA) is 3.24 Å². The molecule has 1 nitrogen and oxygen atoms in total. The molecule has 0 rings (SSSR count). The summed E-state index contributed by atoms with van der Waals surface area (Å²) in [5, 5.41) is 0. The molecule has 0 saturated heterocycles. The van der Waals surface area contributed by atoms with Gasteiger partial charge in [0.2, 0.25) is 0 Å². The first-order chi connectivity index (χ1) is 11.2. The van der Waals surface area contributed by atoms with Crippen molar-refractivity contribution in [1.82, 2.24) is 4.90 Å². The second kappa shape index (κ2) is 17.0. The van der Waals surface area contributed by atoms with E-state index in [1.165, 1.54) is 12.8 Å². The second-order valence-corrected chi connectivity index (χ2v) is 6.10. The fraction of sp³-hybridized carbons (Fsp3) is 0.545. The molecule has 0 amide bonds. The largest absolute Gasteiger partial charge is 0.307 e. The smallest absolute Gasteiger partial charge is 0.00637 e. The van der Waals surface area contributed by atoms with E-state index in [1.54, 1.807) is 0 Å². The van der Waals surface area contributed by atoms with Gasteiger partial charge < -0.3 is 4.90 Å². The van der Waals surface area contributed by atoms with E-state index in [0.29, 0.717) is 6.04 Å². The van der Waals surface area contributed by atoms with Crippen LogP contribution < -0.4 is 0 Å². The average Bonchev–Trinajstić information content (AvgIpc) is 2.54. The van der Waals surface area contributed by atoms with Crippen molar-refractivity contribution in [2.24, 2.45) is 0 Å². The highest BCUT2D eigenvalue weighted by Gasteiger charge is 2.00. The fourth-order valence-electron chi connectivity index (χ4n) is 1.96.